The zero-order valence-electron chi connectivity index (χ0n) is 20.8. The summed E-state index contributed by atoms with van der Waals surface area (Å²) in [4.78, 5) is 32.1. The molecule has 0 saturated heterocycles. The van der Waals surface area contributed by atoms with E-state index in [0.717, 1.165) is 3.57 Å². The molecule has 0 amide bonds. The average molecular weight is 825 g/mol. The van der Waals surface area contributed by atoms with Crippen molar-refractivity contribution in [2.75, 3.05) is 20.3 Å². The molecule has 8 nitrogen and oxygen atoms in total. The fourth-order valence-electron chi connectivity index (χ4n) is 4.11. The number of benzene rings is 2. The van der Waals surface area contributed by atoms with Gasteiger partial charge < -0.3 is 19.3 Å². The molecule has 0 fully saturated rings. The topological polar surface area (TPSA) is 99.4 Å². The monoisotopic (exact) mass is 824 g/mol. The second-order valence-electron chi connectivity index (χ2n) is 8.09. The van der Waals surface area contributed by atoms with Gasteiger partial charge in [0.05, 0.1) is 45.7 Å². The van der Waals surface area contributed by atoms with Crippen molar-refractivity contribution in [1.82, 2.24) is 4.57 Å². The van der Waals surface area contributed by atoms with E-state index in [2.05, 4.69) is 66.1 Å². The highest BCUT2D eigenvalue weighted by Gasteiger charge is 2.35. The van der Waals surface area contributed by atoms with Gasteiger partial charge in [-0.2, -0.15) is 0 Å². The smallest absolute Gasteiger partial charge is 0.338 e. The molecule has 3 aromatic rings. The lowest BCUT2D eigenvalue weighted by atomic mass is 9.95. The number of carbonyl (C=O) groups excluding carboxylic acids is 1. The number of carbonyl (C=O) groups is 1. The minimum Gasteiger partial charge on any atom is -0.506 e. The predicted molar refractivity (Wildman–Crippen MR) is 166 cm³/mol. The number of phenols is 1. The van der Waals surface area contributed by atoms with Crippen LogP contribution in [-0.4, -0.2) is 36.0 Å². The van der Waals surface area contributed by atoms with Crippen LogP contribution in [0.15, 0.2) is 49.8 Å². The van der Waals surface area contributed by atoms with Crippen molar-refractivity contribution in [1.29, 1.82) is 0 Å². The van der Waals surface area contributed by atoms with E-state index in [0.29, 0.717) is 52.3 Å². The third-order valence-electron chi connectivity index (χ3n) is 5.74. The predicted octanol–water partition coefficient (Wildman–Crippen LogP) is 4.88. The third-order valence-corrected chi connectivity index (χ3v) is 8.85. The van der Waals surface area contributed by atoms with Gasteiger partial charge in [-0.3, -0.25) is 9.36 Å². The van der Waals surface area contributed by atoms with Crippen LogP contribution in [0.5, 0.6) is 17.2 Å². The molecule has 4 rings (SSSR count). The molecule has 0 radical (unpaired) electrons. The number of hydrogen-bond acceptors (Lipinski definition) is 8. The number of aromatic hydroxyl groups is 1. The van der Waals surface area contributed by atoms with Gasteiger partial charge in [0.25, 0.3) is 5.56 Å². The van der Waals surface area contributed by atoms with Gasteiger partial charge in [0.2, 0.25) is 0 Å². The Bertz CT molecular complexity index is 1650. The third kappa shape index (κ3) is 5.54. The average Bonchev–Trinajstić information content (AvgIpc) is 3.16. The first-order valence-electron chi connectivity index (χ1n) is 11.5. The van der Waals surface area contributed by atoms with Crippen molar-refractivity contribution in [3.05, 3.63) is 78.0 Å². The maximum absolute atomic E-state index is 13.9. The molecule has 0 unspecified atom stereocenters. The van der Waals surface area contributed by atoms with Gasteiger partial charge in [-0.25, -0.2) is 9.79 Å². The minimum absolute atomic E-state index is 0.0933. The van der Waals surface area contributed by atoms with E-state index in [1.54, 1.807) is 38.1 Å². The molecule has 38 heavy (non-hydrogen) atoms. The fourth-order valence-corrected chi connectivity index (χ4v) is 7.58. The largest absolute Gasteiger partial charge is 0.506 e. The minimum atomic E-state index is -0.837. The first-order valence-corrected chi connectivity index (χ1v) is 15.3. The first kappa shape index (κ1) is 29.1. The summed E-state index contributed by atoms with van der Waals surface area (Å²) < 4.78 is 20.7. The van der Waals surface area contributed by atoms with Gasteiger partial charge in [0, 0.05) is 13.6 Å². The van der Waals surface area contributed by atoms with Crippen LogP contribution in [0.2, 0.25) is 0 Å². The number of phenolic OH excluding ortho intramolecular Hbond substituents is 1. The van der Waals surface area contributed by atoms with Crippen molar-refractivity contribution in [2.24, 2.45) is 4.99 Å². The van der Waals surface area contributed by atoms with Gasteiger partial charge >= 0.3 is 5.97 Å². The highest BCUT2D eigenvalue weighted by molar-refractivity contribution is 14.1. The summed E-state index contributed by atoms with van der Waals surface area (Å²) in [5.74, 6) is 0.525. The number of ether oxygens (including phenoxy) is 3. The molecule has 200 valence electrons. The maximum atomic E-state index is 13.9. The Morgan fingerprint density at radius 3 is 2.61 bits per heavy atom. The second-order valence-corrected chi connectivity index (χ2v) is 12.4. The Balaban J connectivity index is 2.02. The number of rotatable bonds is 7. The van der Waals surface area contributed by atoms with Gasteiger partial charge in [-0.15, -0.1) is 0 Å². The number of halogens is 3. The molecule has 1 aromatic heterocycles. The van der Waals surface area contributed by atoms with E-state index in [-0.39, 0.29) is 23.5 Å². The highest BCUT2D eigenvalue weighted by Crippen LogP contribution is 2.41. The van der Waals surface area contributed by atoms with E-state index >= 15 is 0 Å². The van der Waals surface area contributed by atoms with E-state index in [1.807, 2.05) is 13.0 Å². The van der Waals surface area contributed by atoms with Crippen molar-refractivity contribution in [3.8, 4) is 17.2 Å². The van der Waals surface area contributed by atoms with E-state index in [1.165, 1.54) is 23.0 Å². The molecular weight excluding hydrogens is 802 g/mol. The number of hydrogen-bond donors (Lipinski definition) is 1. The van der Waals surface area contributed by atoms with Crippen LogP contribution in [-0.2, 0) is 9.53 Å². The summed E-state index contributed by atoms with van der Waals surface area (Å²) >= 11 is 9.03. The van der Waals surface area contributed by atoms with Crippen LogP contribution < -0.4 is 24.4 Å². The Morgan fingerprint density at radius 1 is 1.21 bits per heavy atom. The molecule has 0 spiro atoms. The zero-order valence-corrected chi connectivity index (χ0v) is 27.5. The summed E-state index contributed by atoms with van der Waals surface area (Å²) in [6.45, 7) is 5.93. The molecule has 0 saturated carbocycles. The Morgan fingerprint density at radius 2 is 1.95 bits per heavy atom. The molecule has 2 aromatic carbocycles. The zero-order chi connectivity index (χ0) is 27.7. The maximum Gasteiger partial charge on any atom is 0.338 e. The van der Waals surface area contributed by atoms with Crippen LogP contribution in [0.3, 0.4) is 0 Å². The lowest BCUT2D eigenvalue weighted by Gasteiger charge is -2.26. The van der Waals surface area contributed by atoms with Gasteiger partial charge in [0.15, 0.2) is 16.3 Å². The Kier molecular flexibility index (Phi) is 9.25. The van der Waals surface area contributed by atoms with E-state index in [4.69, 9.17) is 14.2 Å². The SMILES string of the molecule is CCOC(=O)C1=C(C)N=c2s/c(=C/c3cc(I)cc(I)c3O)c(=O)n2[C@@H]1c1cc(OC)c(OCC)cc1Br. The molecule has 1 aliphatic heterocycles. The normalized spacial score (nSPS) is 15.2. The van der Waals surface area contributed by atoms with Crippen LogP contribution in [0.4, 0.5) is 0 Å². The summed E-state index contributed by atoms with van der Waals surface area (Å²) in [6, 6.07) is 6.33. The number of allylic oxidation sites excluding steroid dienone is 1. The summed E-state index contributed by atoms with van der Waals surface area (Å²) in [5.41, 5.74) is 1.49. The number of aromatic nitrogens is 1. The standard InChI is InChI=1S/C26H23BrI2N2O6S/c1-5-36-19-11-16(27)15(10-18(19)35-4)22-21(25(34)37-6-2)12(3)30-26-31(22)24(33)20(38-26)8-13-7-14(28)9-17(29)23(13)32/h7-11,22,32H,5-6H2,1-4H3/b20-8+/t22-/m1/s1. The summed E-state index contributed by atoms with van der Waals surface area (Å²) in [5, 5.41) is 10.6. The van der Waals surface area contributed by atoms with E-state index < -0.39 is 12.0 Å². The quantitative estimate of drug-likeness (QED) is 0.270. The van der Waals surface area contributed by atoms with E-state index in [9.17, 15) is 14.7 Å². The fraction of sp³-hybridized carbons (Fsp3) is 0.269. The lowest BCUT2D eigenvalue weighted by Crippen LogP contribution is -2.40. The molecule has 2 heterocycles. The first-order chi connectivity index (χ1) is 18.1. The highest BCUT2D eigenvalue weighted by atomic mass is 127. The van der Waals surface area contributed by atoms with Crippen molar-refractivity contribution < 1.29 is 24.1 Å². The van der Waals surface area contributed by atoms with Crippen LogP contribution >= 0.6 is 72.4 Å². The summed E-state index contributed by atoms with van der Waals surface area (Å²) in [6.07, 6.45) is 1.65. The van der Waals surface area contributed by atoms with Gasteiger partial charge in [-0.05, 0) is 102 Å². The molecule has 0 aliphatic carbocycles. The number of esters is 1. The summed E-state index contributed by atoms with van der Waals surface area (Å²) in [7, 11) is 1.53. The van der Waals surface area contributed by atoms with Crippen LogP contribution in [0, 0.1) is 7.14 Å². The number of thiazole rings is 1. The van der Waals surface area contributed by atoms with Gasteiger partial charge in [0.1, 0.15) is 5.75 Å². The van der Waals surface area contributed by atoms with Gasteiger partial charge in [-0.1, -0.05) is 27.3 Å². The molecule has 1 atom stereocenters. The Hall–Kier alpha value is -1.91. The second kappa shape index (κ2) is 12.1. The number of methoxy groups -OCH3 is 1. The van der Waals surface area contributed by atoms with Crippen LogP contribution in [0.1, 0.15) is 37.9 Å². The Labute approximate surface area is 258 Å². The van der Waals surface area contributed by atoms with Crippen molar-refractivity contribution in [2.45, 2.75) is 26.8 Å². The molecule has 12 heteroatoms. The molecule has 0 bridgehead atoms. The molecule has 1 N–H and O–H groups in total. The number of nitrogens with zero attached hydrogens (tertiary/aromatic N) is 2. The molecule has 1 aliphatic rings. The lowest BCUT2D eigenvalue weighted by molar-refractivity contribution is -0.139. The van der Waals surface area contributed by atoms with Crippen LogP contribution in [0.25, 0.3) is 6.08 Å². The van der Waals surface area contributed by atoms with Crippen molar-refractivity contribution >= 4 is 84.5 Å². The number of fused-ring (bicyclic) bond motifs is 1. The molecular formula is C26H23BrI2N2O6S. The van der Waals surface area contributed by atoms with Crippen molar-refractivity contribution in [3.63, 3.8) is 0 Å².